The summed E-state index contributed by atoms with van der Waals surface area (Å²) in [6.07, 6.45) is 0.265. The third-order valence-electron chi connectivity index (χ3n) is 3.44. The normalized spacial score (nSPS) is 19.8. The number of carboxylic acids is 1. The van der Waals surface area contributed by atoms with Crippen LogP contribution in [0.4, 0.5) is 0 Å². The van der Waals surface area contributed by atoms with Gasteiger partial charge in [0.2, 0.25) is 0 Å². The SMILES string of the molecule is Cc1ccc(OCCN2CCO[C@H](C)C2)cc1C(=O)O. The number of morpholine rings is 1. The van der Waals surface area contributed by atoms with Crippen LogP contribution in [0.3, 0.4) is 0 Å². The molecule has 0 aromatic heterocycles. The summed E-state index contributed by atoms with van der Waals surface area (Å²) in [6.45, 7) is 7.81. The van der Waals surface area contributed by atoms with Crippen molar-refractivity contribution in [2.45, 2.75) is 20.0 Å². The minimum absolute atomic E-state index is 0.265. The van der Waals surface area contributed by atoms with Gasteiger partial charge in [-0.05, 0) is 31.5 Å². The molecule has 0 saturated carbocycles. The van der Waals surface area contributed by atoms with Crippen molar-refractivity contribution in [1.82, 2.24) is 4.90 Å². The minimum Gasteiger partial charge on any atom is -0.492 e. The molecule has 1 aliphatic rings. The predicted octanol–water partition coefficient (Wildman–Crippen LogP) is 1.79. The van der Waals surface area contributed by atoms with Gasteiger partial charge in [-0.25, -0.2) is 4.79 Å². The van der Waals surface area contributed by atoms with Crippen LogP contribution in [0.25, 0.3) is 0 Å². The molecular weight excluding hydrogens is 258 g/mol. The van der Waals surface area contributed by atoms with E-state index in [4.69, 9.17) is 14.6 Å². The summed E-state index contributed by atoms with van der Waals surface area (Å²) in [5.74, 6) is -0.315. The molecule has 1 aromatic carbocycles. The Balaban J connectivity index is 1.85. The molecule has 2 rings (SSSR count). The van der Waals surface area contributed by atoms with Crippen LogP contribution in [0.15, 0.2) is 18.2 Å². The first-order valence-corrected chi connectivity index (χ1v) is 6.87. The highest BCUT2D eigenvalue weighted by Crippen LogP contribution is 2.17. The molecule has 1 atom stereocenters. The zero-order chi connectivity index (χ0) is 14.5. The van der Waals surface area contributed by atoms with Gasteiger partial charge in [0.05, 0.1) is 18.3 Å². The summed E-state index contributed by atoms with van der Waals surface area (Å²) in [6, 6.07) is 5.17. The van der Waals surface area contributed by atoms with Gasteiger partial charge in [0.25, 0.3) is 0 Å². The van der Waals surface area contributed by atoms with Crippen LogP contribution < -0.4 is 4.74 Å². The molecule has 5 nitrogen and oxygen atoms in total. The number of carboxylic acid groups (broad SMARTS) is 1. The fourth-order valence-electron chi connectivity index (χ4n) is 2.31. The summed E-state index contributed by atoms with van der Waals surface area (Å²) in [5.41, 5.74) is 1.04. The number of ether oxygens (including phenoxy) is 2. The Bertz CT molecular complexity index is 475. The second-order valence-electron chi connectivity index (χ2n) is 5.11. The van der Waals surface area contributed by atoms with Crippen LogP contribution in [0.2, 0.25) is 0 Å². The summed E-state index contributed by atoms with van der Waals surface area (Å²) < 4.78 is 11.1. The fraction of sp³-hybridized carbons (Fsp3) is 0.533. The van der Waals surface area contributed by atoms with E-state index in [-0.39, 0.29) is 6.10 Å². The summed E-state index contributed by atoms with van der Waals surface area (Å²) in [5, 5.41) is 9.07. The summed E-state index contributed by atoms with van der Waals surface area (Å²) in [4.78, 5) is 13.3. The number of nitrogens with zero attached hydrogens (tertiary/aromatic N) is 1. The maximum absolute atomic E-state index is 11.1. The van der Waals surface area contributed by atoms with Crippen molar-refractivity contribution in [2.24, 2.45) is 0 Å². The highest BCUT2D eigenvalue weighted by Gasteiger charge is 2.16. The van der Waals surface area contributed by atoms with Crippen LogP contribution in [-0.2, 0) is 4.74 Å². The van der Waals surface area contributed by atoms with Crippen molar-refractivity contribution < 1.29 is 19.4 Å². The first-order chi connectivity index (χ1) is 9.56. The van der Waals surface area contributed by atoms with Gasteiger partial charge in [-0.1, -0.05) is 6.07 Å². The van der Waals surface area contributed by atoms with Crippen LogP contribution in [0.1, 0.15) is 22.8 Å². The van der Waals surface area contributed by atoms with E-state index >= 15 is 0 Å². The van der Waals surface area contributed by atoms with Crippen molar-refractivity contribution in [1.29, 1.82) is 0 Å². The van der Waals surface area contributed by atoms with E-state index in [1.54, 1.807) is 19.1 Å². The predicted molar refractivity (Wildman–Crippen MR) is 75.5 cm³/mol. The molecule has 1 saturated heterocycles. The smallest absolute Gasteiger partial charge is 0.336 e. The second kappa shape index (κ2) is 6.72. The van der Waals surface area contributed by atoms with Crippen LogP contribution in [0, 0.1) is 6.92 Å². The molecule has 20 heavy (non-hydrogen) atoms. The standard InChI is InChI=1S/C15H21NO4/c1-11-3-4-13(9-14(11)15(17)18)20-8-6-16-5-7-19-12(2)10-16/h3-4,9,12H,5-8,10H2,1-2H3,(H,17,18)/t12-/m1/s1. The van der Waals surface area contributed by atoms with Gasteiger partial charge in [-0.3, -0.25) is 4.90 Å². The van der Waals surface area contributed by atoms with Crippen molar-refractivity contribution in [3.05, 3.63) is 29.3 Å². The Kier molecular flexibility index (Phi) is 4.98. The average molecular weight is 279 g/mol. The molecule has 1 aliphatic heterocycles. The first-order valence-electron chi connectivity index (χ1n) is 6.87. The second-order valence-corrected chi connectivity index (χ2v) is 5.11. The first kappa shape index (κ1) is 14.8. The molecule has 0 amide bonds. The van der Waals surface area contributed by atoms with Crippen molar-refractivity contribution >= 4 is 5.97 Å². The van der Waals surface area contributed by atoms with E-state index in [2.05, 4.69) is 11.8 Å². The molecule has 0 unspecified atom stereocenters. The Morgan fingerprint density at radius 2 is 2.35 bits per heavy atom. The van der Waals surface area contributed by atoms with E-state index in [9.17, 15) is 4.79 Å². The highest BCUT2D eigenvalue weighted by molar-refractivity contribution is 5.89. The minimum atomic E-state index is -0.921. The van der Waals surface area contributed by atoms with Crippen molar-refractivity contribution in [3.8, 4) is 5.75 Å². The number of benzene rings is 1. The van der Waals surface area contributed by atoms with Crippen LogP contribution in [0.5, 0.6) is 5.75 Å². The lowest BCUT2D eigenvalue weighted by Gasteiger charge is -2.30. The highest BCUT2D eigenvalue weighted by atomic mass is 16.5. The zero-order valence-electron chi connectivity index (χ0n) is 12.0. The molecule has 1 fully saturated rings. The van der Waals surface area contributed by atoms with Gasteiger partial charge in [-0.2, -0.15) is 0 Å². The largest absolute Gasteiger partial charge is 0.492 e. The van der Waals surface area contributed by atoms with Crippen LogP contribution >= 0.6 is 0 Å². The molecule has 5 heteroatoms. The molecule has 0 aliphatic carbocycles. The van der Waals surface area contributed by atoms with E-state index in [1.807, 2.05) is 6.07 Å². The Morgan fingerprint density at radius 1 is 1.55 bits per heavy atom. The molecule has 1 N–H and O–H groups in total. The number of hydrogen-bond acceptors (Lipinski definition) is 4. The number of hydrogen-bond donors (Lipinski definition) is 1. The number of aryl methyl sites for hydroxylation is 1. The monoisotopic (exact) mass is 279 g/mol. The topological polar surface area (TPSA) is 59.0 Å². The average Bonchev–Trinajstić information content (AvgIpc) is 2.40. The molecule has 0 spiro atoms. The van der Waals surface area contributed by atoms with Gasteiger partial charge in [0.1, 0.15) is 12.4 Å². The lowest BCUT2D eigenvalue weighted by molar-refractivity contribution is -0.0214. The van der Waals surface area contributed by atoms with Gasteiger partial charge in [0, 0.05) is 19.6 Å². The van der Waals surface area contributed by atoms with Gasteiger partial charge in [-0.15, -0.1) is 0 Å². The molecule has 1 heterocycles. The summed E-state index contributed by atoms with van der Waals surface area (Å²) >= 11 is 0. The maximum Gasteiger partial charge on any atom is 0.336 e. The number of carbonyl (C=O) groups is 1. The molecule has 0 bridgehead atoms. The third kappa shape index (κ3) is 3.95. The molecule has 110 valence electrons. The number of aromatic carboxylic acids is 1. The van der Waals surface area contributed by atoms with Gasteiger partial charge >= 0.3 is 5.97 Å². The van der Waals surface area contributed by atoms with E-state index < -0.39 is 5.97 Å². The lowest BCUT2D eigenvalue weighted by atomic mass is 10.1. The quantitative estimate of drug-likeness (QED) is 0.890. The number of rotatable bonds is 5. The Hall–Kier alpha value is -1.59. The van der Waals surface area contributed by atoms with E-state index in [0.29, 0.717) is 17.9 Å². The lowest BCUT2D eigenvalue weighted by Crippen LogP contribution is -2.42. The third-order valence-corrected chi connectivity index (χ3v) is 3.44. The zero-order valence-corrected chi connectivity index (χ0v) is 12.0. The van der Waals surface area contributed by atoms with E-state index in [1.165, 1.54) is 0 Å². The molecule has 1 aromatic rings. The van der Waals surface area contributed by atoms with Crippen LogP contribution in [-0.4, -0.2) is 54.9 Å². The van der Waals surface area contributed by atoms with E-state index in [0.717, 1.165) is 31.8 Å². The Labute approximate surface area is 119 Å². The van der Waals surface area contributed by atoms with Gasteiger partial charge < -0.3 is 14.6 Å². The molecular formula is C15H21NO4. The molecule has 0 radical (unpaired) electrons. The van der Waals surface area contributed by atoms with Crippen molar-refractivity contribution in [3.63, 3.8) is 0 Å². The fourth-order valence-corrected chi connectivity index (χ4v) is 2.31. The van der Waals surface area contributed by atoms with Gasteiger partial charge in [0.15, 0.2) is 0 Å². The summed E-state index contributed by atoms with van der Waals surface area (Å²) in [7, 11) is 0. The maximum atomic E-state index is 11.1. The van der Waals surface area contributed by atoms with Crippen molar-refractivity contribution in [2.75, 3.05) is 32.8 Å². The Morgan fingerprint density at radius 3 is 3.05 bits per heavy atom.